The zero-order valence-electron chi connectivity index (χ0n) is 10.7. The molecule has 0 saturated heterocycles. The van der Waals surface area contributed by atoms with E-state index in [1.807, 2.05) is 19.1 Å². The predicted molar refractivity (Wildman–Crippen MR) is 67.1 cm³/mol. The smallest absolute Gasteiger partial charge is 0.119 e. The lowest BCUT2D eigenvalue weighted by Crippen LogP contribution is -2.17. The third-order valence-electron chi connectivity index (χ3n) is 2.80. The summed E-state index contributed by atoms with van der Waals surface area (Å²) in [6, 6.07) is 8.35. The quantitative estimate of drug-likeness (QED) is 0.732. The van der Waals surface area contributed by atoms with Crippen LogP contribution >= 0.6 is 0 Å². The number of ether oxygens (including phenoxy) is 2. The molecule has 0 heterocycles. The van der Waals surface area contributed by atoms with Crippen LogP contribution in [0, 0.1) is 0 Å². The van der Waals surface area contributed by atoms with E-state index in [1.54, 1.807) is 7.11 Å². The van der Waals surface area contributed by atoms with E-state index >= 15 is 0 Å². The predicted octanol–water partition coefficient (Wildman–Crippen LogP) is 3.61. The average molecular weight is 222 g/mol. The van der Waals surface area contributed by atoms with Crippen LogP contribution in [-0.2, 0) is 4.74 Å². The lowest BCUT2D eigenvalue weighted by molar-refractivity contribution is 0.0921. The van der Waals surface area contributed by atoms with E-state index in [2.05, 4.69) is 26.0 Å². The zero-order valence-corrected chi connectivity index (χ0v) is 10.7. The van der Waals surface area contributed by atoms with Crippen LogP contribution in [0.15, 0.2) is 24.3 Å². The molecule has 0 amide bonds. The Bertz CT molecular complexity index is 292. The Hall–Kier alpha value is -1.02. The standard InChI is InChI=1S/C14H22O2/c1-5-11(2)13-6-8-14(9-7-13)16-12(3)10-15-4/h6-9,11-12H,5,10H2,1-4H3. The van der Waals surface area contributed by atoms with Crippen molar-refractivity contribution in [2.45, 2.75) is 39.2 Å². The minimum absolute atomic E-state index is 0.0967. The first-order valence-electron chi connectivity index (χ1n) is 5.93. The summed E-state index contributed by atoms with van der Waals surface area (Å²) in [5.74, 6) is 1.53. The van der Waals surface area contributed by atoms with E-state index in [-0.39, 0.29) is 6.10 Å². The molecule has 0 N–H and O–H groups in total. The molecule has 0 saturated carbocycles. The van der Waals surface area contributed by atoms with Gasteiger partial charge in [0.2, 0.25) is 0 Å². The fourth-order valence-electron chi connectivity index (χ4n) is 1.61. The van der Waals surface area contributed by atoms with Crippen LogP contribution in [0.2, 0.25) is 0 Å². The van der Waals surface area contributed by atoms with E-state index in [1.165, 1.54) is 12.0 Å². The van der Waals surface area contributed by atoms with Gasteiger partial charge in [0, 0.05) is 7.11 Å². The van der Waals surface area contributed by atoms with Gasteiger partial charge in [0.25, 0.3) is 0 Å². The van der Waals surface area contributed by atoms with Crippen molar-refractivity contribution < 1.29 is 9.47 Å². The maximum absolute atomic E-state index is 5.70. The van der Waals surface area contributed by atoms with Gasteiger partial charge in [-0.05, 0) is 37.0 Å². The van der Waals surface area contributed by atoms with Gasteiger partial charge in [-0.15, -0.1) is 0 Å². The van der Waals surface area contributed by atoms with Gasteiger partial charge in [-0.3, -0.25) is 0 Å². The number of hydrogen-bond donors (Lipinski definition) is 0. The second kappa shape index (κ2) is 6.54. The first kappa shape index (κ1) is 13.0. The van der Waals surface area contributed by atoms with Gasteiger partial charge in [0.15, 0.2) is 0 Å². The highest BCUT2D eigenvalue weighted by molar-refractivity contribution is 5.29. The molecule has 0 aliphatic heterocycles. The number of hydrogen-bond acceptors (Lipinski definition) is 2. The normalized spacial score (nSPS) is 14.5. The second-order valence-corrected chi connectivity index (χ2v) is 4.26. The number of rotatable bonds is 6. The van der Waals surface area contributed by atoms with Gasteiger partial charge in [-0.25, -0.2) is 0 Å². The molecule has 0 aromatic heterocycles. The third kappa shape index (κ3) is 3.86. The molecule has 0 aliphatic rings. The monoisotopic (exact) mass is 222 g/mol. The maximum atomic E-state index is 5.70. The Labute approximate surface area is 98.6 Å². The highest BCUT2D eigenvalue weighted by Gasteiger charge is 2.05. The highest BCUT2D eigenvalue weighted by atomic mass is 16.5. The first-order valence-corrected chi connectivity index (χ1v) is 5.93. The summed E-state index contributed by atoms with van der Waals surface area (Å²) in [7, 11) is 1.69. The van der Waals surface area contributed by atoms with Crippen molar-refractivity contribution in [1.82, 2.24) is 0 Å². The SMILES string of the molecule is CCC(C)c1ccc(OC(C)COC)cc1. The maximum Gasteiger partial charge on any atom is 0.119 e. The van der Waals surface area contributed by atoms with Gasteiger partial charge in [0.05, 0.1) is 6.61 Å². The van der Waals surface area contributed by atoms with E-state index in [0.717, 1.165) is 5.75 Å². The van der Waals surface area contributed by atoms with Crippen LogP contribution in [0.5, 0.6) is 5.75 Å². The van der Waals surface area contributed by atoms with Crippen LogP contribution in [0.1, 0.15) is 38.7 Å². The Morgan fingerprint density at radius 3 is 2.25 bits per heavy atom. The molecule has 1 rings (SSSR count). The molecule has 90 valence electrons. The number of methoxy groups -OCH3 is 1. The van der Waals surface area contributed by atoms with Crippen LogP contribution in [0.4, 0.5) is 0 Å². The summed E-state index contributed by atoms with van der Waals surface area (Å²) in [4.78, 5) is 0. The summed E-state index contributed by atoms with van der Waals surface area (Å²) < 4.78 is 10.7. The molecule has 0 radical (unpaired) electrons. The van der Waals surface area contributed by atoms with E-state index in [0.29, 0.717) is 12.5 Å². The molecular formula is C14H22O2. The van der Waals surface area contributed by atoms with Crippen LogP contribution in [0.25, 0.3) is 0 Å². The lowest BCUT2D eigenvalue weighted by Gasteiger charge is -2.15. The molecule has 0 aliphatic carbocycles. The molecular weight excluding hydrogens is 200 g/mol. The van der Waals surface area contributed by atoms with E-state index in [4.69, 9.17) is 9.47 Å². The molecule has 2 unspecified atom stereocenters. The Kier molecular flexibility index (Phi) is 5.33. The molecule has 1 aromatic carbocycles. The molecule has 0 bridgehead atoms. The Balaban J connectivity index is 2.57. The van der Waals surface area contributed by atoms with Crippen molar-refractivity contribution in [2.75, 3.05) is 13.7 Å². The Morgan fingerprint density at radius 1 is 1.12 bits per heavy atom. The topological polar surface area (TPSA) is 18.5 Å². The van der Waals surface area contributed by atoms with Crippen molar-refractivity contribution in [2.24, 2.45) is 0 Å². The molecule has 0 spiro atoms. The largest absolute Gasteiger partial charge is 0.488 e. The fraction of sp³-hybridized carbons (Fsp3) is 0.571. The number of benzene rings is 1. The van der Waals surface area contributed by atoms with E-state index in [9.17, 15) is 0 Å². The van der Waals surface area contributed by atoms with Crippen molar-refractivity contribution in [3.05, 3.63) is 29.8 Å². The summed E-state index contributed by atoms with van der Waals surface area (Å²) in [5.41, 5.74) is 1.37. The first-order chi connectivity index (χ1) is 7.67. The lowest BCUT2D eigenvalue weighted by atomic mass is 9.99. The molecule has 16 heavy (non-hydrogen) atoms. The minimum Gasteiger partial charge on any atom is -0.488 e. The van der Waals surface area contributed by atoms with Crippen LogP contribution in [-0.4, -0.2) is 19.8 Å². The van der Waals surface area contributed by atoms with Gasteiger partial charge in [0.1, 0.15) is 11.9 Å². The molecule has 2 atom stereocenters. The molecule has 2 nitrogen and oxygen atoms in total. The Morgan fingerprint density at radius 2 is 1.75 bits per heavy atom. The molecule has 1 aromatic rings. The van der Waals surface area contributed by atoms with Crippen molar-refractivity contribution in [3.63, 3.8) is 0 Å². The summed E-state index contributed by atoms with van der Waals surface area (Å²) >= 11 is 0. The van der Waals surface area contributed by atoms with Crippen molar-refractivity contribution in [3.8, 4) is 5.75 Å². The van der Waals surface area contributed by atoms with Crippen LogP contribution < -0.4 is 4.74 Å². The van der Waals surface area contributed by atoms with E-state index < -0.39 is 0 Å². The third-order valence-corrected chi connectivity index (χ3v) is 2.80. The van der Waals surface area contributed by atoms with Gasteiger partial charge in [-0.2, -0.15) is 0 Å². The molecule has 2 heteroatoms. The average Bonchev–Trinajstić information content (AvgIpc) is 2.29. The van der Waals surface area contributed by atoms with Gasteiger partial charge < -0.3 is 9.47 Å². The van der Waals surface area contributed by atoms with Gasteiger partial charge >= 0.3 is 0 Å². The zero-order chi connectivity index (χ0) is 12.0. The fourth-order valence-corrected chi connectivity index (χ4v) is 1.61. The van der Waals surface area contributed by atoms with Crippen molar-refractivity contribution >= 4 is 0 Å². The second-order valence-electron chi connectivity index (χ2n) is 4.26. The summed E-state index contributed by atoms with van der Waals surface area (Å²) in [5, 5.41) is 0. The summed E-state index contributed by atoms with van der Waals surface area (Å²) in [6.07, 6.45) is 1.26. The van der Waals surface area contributed by atoms with Gasteiger partial charge in [-0.1, -0.05) is 26.0 Å². The minimum atomic E-state index is 0.0967. The highest BCUT2D eigenvalue weighted by Crippen LogP contribution is 2.21. The van der Waals surface area contributed by atoms with Crippen molar-refractivity contribution in [1.29, 1.82) is 0 Å². The molecule has 0 fully saturated rings. The summed E-state index contributed by atoms with van der Waals surface area (Å²) in [6.45, 7) is 7.07. The van der Waals surface area contributed by atoms with Crippen LogP contribution in [0.3, 0.4) is 0 Å².